The molecule has 4 N–H and O–H groups in total. The number of aromatic hydroxyl groups is 1. The molecule has 0 amide bonds. The molecule has 0 aliphatic carbocycles. The molecular weight excluding hydrogens is 362 g/mol. The molecule has 0 saturated carbocycles. The molecule has 1 rings (SSSR count). The number of carbonyl (C=O) groups is 2. The number of ketones is 1. The molecule has 0 aliphatic heterocycles. The number of anilines is 1. The Hall–Kier alpha value is -2.64. The van der Waals surface area contributed by atoms with Gasteiger partial charge in [-0.1, -0.05) is 25.7 Å². The Morgan fingerprint density at radius 1 is 1.29 bits per heavy atom. The van der Waals surface area contributed by atoms with Crippen LogP contribution in [0.3, 0.4) is 0 Å². The average Bonchev–Trinajstić information content (AvgIpc) is 2.66. The van der Waals surface area contributed by atoms with Gasteiger partial charge in [0.2, 0.25) is 0 Å². The van der Waals surface area contributed by atoms with Crippen LogP contribution in [0, 0.1) is 0 Å². The van der Waals surface area contributed by atoms with Gasteiger partial charge in [-0.25, -0.2) is 4.79 Å². The minimum absolute atomic E-state index is 0.00964. The molecule has 7 heteroatoms. The van der Waals surface area contributed by atoms with Crippen LogP contribution in [0.5, 0.6) is 5.75 Å². The van der Waals surface area contributed by atoms with Crippen LogP contribution in [-0.2, 0) is 9.53 Å². The molecule has 28 heavy (non-hydrogen) atoms. The lowest BCUT2D eigenvalue weighted by Gasteiger charge is -2.16. The fraction of sp³-hybridized carbons (Fsp3) is 0.429. The molecule has 0 saturated heterocycles. The molecule has 3 atom stereocenters. The van der Waals surface area contributed by atoms with E-state index in [2.05, 4.69) is 11.9 Å². The van der Waals surface area contributed by atoms with E-state index < -0.39 is 24.0 Å². The summed E-state index contributed by atoms with van der Waals surface area (Å²) in [5.74, 6) is -1.56. The largest absolute Gasteiger partial charge is 0.507 e. The van der Waals surface area contributed by atoms with Crippen LogP contribution in [0.4, 0.5) is 5.69 Å². The predicted octanol–water partition coefficient (Wildman–Crippen LogP) is 2.66. The number of aliphatic hydroxyl groups excluding tert-OH is 2. The Labute approximate surface area is 165 Å². The molecule has 7 nitrogen and oxygen atoms in total. The van der Waals surface area contributed by atoms with Crippen LogP contribution in [0.1, 0.15) is 49.5 Å². The molecule has 1 aromatic rings. The number of esters is 1. The number of nitrogens with one attached hydrogen (secondary N) is 1. The maximum atomic E-state index is 12.5. The van der Waals surface area contributed by atoms with Crippen LogP contribution >= 0.6 is 0 Å². The minimum atomic E-state index is -1.57. The fourth-order valence-electron chi connectivity index (χ4n) is 2.41. The lowest BCUT2D eigenvalue weighted by molar-refractivity contribution is -0.127. The van der Waals surface area contributed by atoms with Crippen molar-refractivity contribution in [1.82, 2.24) is 0 Å². The molecule has 1 aromatic carbocycles. The van der Waals surface area contributed by atoms with Gasteiger partial charge in [-0.3, -0.25) is 4.79 Å². The Balaban J connectivity index is 3.13. The average molecular weight is 391 g/mol. The van der Waals surface area contributed by atoms with Gasteiger partial charge in [0.25, 0.3) is 0 Å². The zero-order chi connectivity index (χ0) is 21.3. The molecule has 0 spiro atoms. The Bertz CT molecular complexity index is 728. The topological polar surface area (TPSA) is 116 Å². The van der Waals surface area contributed by atoms with E-state index in [1.54, 1.807) is 13.0 Å². The van der Waals surface area contributed by atoms with Gasteiger partial charge in [0.05, 0.1) is 12.2 Å². The first-order valence-corrected chi connectivity index (χ1v) is 9.25. The second kappa shape index (κ2) is 11.3. The number of phenolic OH excluding ortho intramolecular Hbond substituents is 1. The van der Waals surface area contributed by atoms with Gasteiger partial charge >= 0.3 is 5.97 Å². The van der Waals surface area contributed by atoms with Crippen LogP contribution in [0.2, 0.25) is 0 Å². The number of carbonyl (C=O) groups excluding carboxylic acids is 2. The van der Waals surface area contributed by atoms with Crippen molar-refractivity contribution in [2.75, 3.05) is 11.9 Å². The van der Waals surface area contributed by atoms with Crippen molar-refractivity contribution in [3.63, 3.8) is 0 Å². The number of aliphatic hydroxyl groups is 2. The number of phenols is 1. The normalized spacial score (nSPS) is 14.3. The quantitative estimate of drug-likeness (QED) is 0.338. The van der Waals surface area contributed by atoms with Crippen LogP contribution in [0.15, 0.2) is 30.9 Å². The highest BCUT2D eigenvalue weighted by molar-refractivity contribution is 5.97. The number of benzene rings is 1. The molecular formula is C21H29NO6. The van der Waals surface area contributed by atoms with Crippen molar-refractivity contribution in [3.8, 4) is 5.75 Å². The van der Waals surface area contributed by atoms with Crippen LogP contribution in [0.25, 0.3) is 6.08 Å². The van der Waals surface area contributed by atoms with Gasteiger partial charge in [-0.05, 0) is 44.4 Å². The van der Waals surface area contributed by atoms with Crippen LogP contribution < -0.4 is 5.32 Å². The van der Waals surface area contributed by atoms with Crippen molar-refractivity contribution in [2.45, 2.75) is 51.9 Å². The molecule has 154 valence electrons. The summed E-state index contributed by atoms with van der Waals surface area (Å²) in [4.78, 5) is 23.8. The molecule has 0 heterocycles. The van der Waals surface area contributed by atoms with Crippen molar-refractivity contribution >= 4 is 23.5 Å². The van der Waals surface area contributed by atoms with Crippen molar-refractivity contribution in [1.29, 1.82) is 0 Å². The third-order valence-corrected chi connectivity index (χ3v) is 4.15. The van der Waals surface area contributed by atoms with Gasteiger partial charge in [0.1, 0.15) is 17.4 Å². The highest BCUT2D eigenvalue weighted by Gasteiger charge is 2.22. The molecule has 0 radical (unpaired) electrons. The Morgan fingerprint density at radius 3 is 2.54 bits per heavy atom. The SMILES string of the molecule is C=CC(=O)[C@@H](O)[C@@H](O)C/C=C/c1cc(NCC)cc(O)c1C(=O)O[C@@H](C)CC. The second-order valence-corrected chi connectivity index (χ2v) is 6.37. The van der Waals surface area contributed by atoms with Crippen molar-refractivity contribution in [2.24, 2.45) is 0 Å². The first-order chi connectivity index (χ1) is 13.2. The van der Waals surface area contributed by atoms with Crippen molar-refractivity contribution < 1.29 is 29.6 Å². The van der Waals surface area contributed by atoms with E-state index >= 15 is 0 Å². The lowest BCUT2D eigenvalue weighted by atomic mass is 10.0. The number of rotatable bonds is 11. The van der Waals surface area contributed by atoms with Crippen LogP contribution in [-0.4, -0.2) is 51.9 Å². The summed E-state index contributed by atoms with van der Waals surface area (Å²) in [5, 5.41) is 33.0. The zero-order valence-corrected chi connectivity index (χ0v) is 16.5. The maximum absolute atomic E-state index is 12.5. The fourth-order valence-corrected chi connectivity index (χ4v) is 2.41. The van der Waals surface area contributed by atoms with Crippen molar-refractivity contribution in [3.05, 3.63) is 42.0 Å². The number of hydrogen-bond donors (Lipinski definition) is 4. The Kier molecular flexibility index (Phi) is 9.41. The molecule has 0 unspecified atom stereocenters. The molecule has 0 aliphatic rings. The van der Waals surface area contributed by atoms with E-state index in [0.29, 0.717) is 24.2 Å². The smallest absolute Gasteiger partial charge is 0.342 e. The van der Waals surface area contributed by atoms with E-state index in [4.69, 9.17) is 4.74 Å². The molecule has 0 aromatic heterocycles. The van der Waals surface area contributed by atoms with E-state index in [-0.39, 0.29) is 23.8 Å². The monoisotopic (exact) mass is 391 g/mol. The summed E-state index contributed by atoms with van der Waals surface area (Å²) in [7, 11) is 0. The summed E-state index contributed by atoms with van der Waals surface area (Å²) >= 11 is 0. The first-order valence-electron chi connectivity index (χ1n) is 9.25. The van der Waals surface area contributed by atoms with E-state index in [9.17, 15) is 24.9 Å². The molecule has 0 bridgehead atoms. The lowest BCUT2D eigenvalue weighted by Crippen LogP contribution is -2.32. The summed E-state index contributed by atoms with van der Waals surface area (Å²) in [6.45, 7) is 9.41. The maximum Gasteiger partial charge on any atom is 0.342 e. The summed E-state index contributed by atoms with van der Waals surface area (Å²) in [6, 6.07) is 3.11. The van der Waals surface area contributed by atoms with Gasteiger partial charge in [0, 0.05) is 18.3 Å². The van der Waals surface area contributed by atoms with E-state index in [1.165, 1.54) is 18.2 Å². The third kappa shape index (κ3) is 6.51. The highest BCUT2D eigenvalue weighted by Crippen LogP contribution is 2.29. The number of hydrogen-bond acceptors (Lipinski definition) is 7. The van der Waals surface area contributed by atoms with Gasteiger partial charge in [-0.2, -0.15) is 0 Å². The predicted molar refractivity (Wildman–Crippen MR) is 108 cm³/mol. The van der Waals surface area contributed by atoms with Gasteiger partial charge < -0.3 is 25.4 Å². The zero-order valence-electron chi connectivity index (χ0n) is 16.5. The number of ether oxygens (including phenoxy) is 1. The second-order valence-electron chi connectivity index (χ2n) is 6.37. The third-order valence-electron chi connectivity index (χ3n) is 4.15. The summed E-state index contributed by atoms with van der Waals surface area (Å²) < 4.78 is 5.32. The van der Waals surface area contributed by atoms with E-state index in [0.717, 1.165) is 6.08 Å². The van der Waals surface area contributed by atoms with Gasteiger partial charge in [0.15, 0.2) is 5.78 Å². The summed E-state index contributed by atoms with van der Waals surface area (Å²) in [6.07, 6.45) is 1.39. The Morgan fingerprint density at radius 2 is 1.96 bits per heavy atom. The molecule has 0 fully saturated rings. The van der Waals surface area contributed by atoms with E-state index in [1.807, 2.05) is 13.8 Å². The van der Waals surface area contributed by atoms with Gasteiger partial charge in [-0.15, -0.1) is 0 Å². The minimum Gasteiger partial charge on any atom is -0.507 e. The highest BCUT2D eigenvalue weighted by atomic mass is 16.5. The first kappa shape index (κ1) is 23.4. The standard InChI is InChI=1S/C21H29NO6/c1-5-13(4)28-21(27)19-14(11-15(22-7-3)12-18(19)25)9-8-10-17(24)20(26)16(23)6-2/h6,8-9,11-13,17,20,22,24-26H,2,5,7,10H2,1,3-4H3/b9-8+/t13-,17-,20+/m0/s1. The summed E-state index contributed by atoms with van der Waals surface area (Å²) in [5.41, 5.74) is 1.01.